The molecule has 112 valence electrons. The number of hydrazine groups is 1. The van der Waals surface area contributed by atoms with Crippen molar-refractivity contribution in [1.29, 1.82) is 0 Å². The summed E-state index contributed by atoms with van der Waals surface area (Å²) in [5.41, 5.74) is 4.94. The monoisotopic (exact) mass is 324 g/mol. The molecule has 0 radical (unpaired) electrons. The van der Waals surface area contributed by atoms with Gasteiger partial charge in [-0.25, -0.2) is 0 Å². The molecule has 1 atom stereocenters. The average molecular weight is 325 g/mol. The number of hydrogen-bond donors (Lipinski definition) is 2. The van der Waals surface area contributed by atoms with Crippen LogP contribution >= 0.6 is 23.4 Å². The Morgan fingerprint density at radius 2 is 1.95 bits per heavy atom. The molecule has 6 heteroatoms. The van der Waals surface area contributed by atoms with Gasteiger partial charge < -0.3 is 0 Å². The Morgan fingerprint density at radius 1 is 1.19 bits per heavy atom. The van der Waals surface area contributed by atoms with Crippen molar-refractivity contribution in [2.45, 2.75) is 24.2 Å². The highest BCUT2D eigenvalue weighted by atomic mass is 35.5. The van der Waals surface area contributed by atoms with Crippen molar-refractivity contribution in [3.8, 4) is 0 Å². The number of rotatable bonds is 4. The van der Waals surface area contributed by atoms with Crippen LogP contribution in [0.25, 0.3) is 0 Å². The van der Waals surface area contributed by atoms with Crippen molar-refractivity contribution in [2.24, 2.45) is 5.92 Å². The fourth-order valence-corrected chi connectivity index (χ4v) is 2.81. The molecule has 0 saturated carbocycles. The Labute approximate surface area is 133 Å². The van der Waals surface area contributed by atoms with E-state index in [9.17, 15) is 9.59 Å². The van der Waals surface area contributed by atoms with Crippen LogP contribution in [-0.2, 0) is 9.59 Å². The molecule has 2 N–H and O–H groups in total. The molecule has 0 spiro atoms. The van der Waals surface area contributed by atoms with E-state index >= 15 is 0 Å². The van der Waals surface area contributed by atoms with Crippen LogP contribution in [-0.4, -0.2) is 17.6 Å². The predicted octanol–water partition coefficient (Wildman–Crippen LogP) is 2.94. The van der Waals surface area contributed by atoms with Gasteiger partial charge in [0.05, 0.1) is 5.75 Å². The van der Waals surface area contributed by atoms with Crippen molar-refractivity contribution < 1.29 is 9.59 Å². The molecular weight excluding hydrogens is 308 g/mol. The van der Waals surface area contributed by atoms with E-state index in [1.54, 1.807) is 12.1 Å². The number of carbonyl (C=O) groups excluding carboxylic acids is 2. The molecule has 2 amide bonds. The Bertz CT molecular complexity index is 531. The summed E-state index contributed by atoms with van der Waals surface area (Å²) >= 11 is 7.18. The largest absolute Gasteiger partial charge is 0.273 e. The zero-order valence-corrected chi connectivity index (χ0v) is 13.0. The standard InChI is InChI=1S/C15H17ClN2O2S/c16-12-6-8-13(9-7-12)21-10-14(19)17-18-15(20)11-4-2-1-3-5-11/h1-2,6-9,11H,3-5,10H2,(H,17,19)(H,18,20). The van der Waals surface area contributed by atoms with E-state index in [0.29, 0.717) is 5.02 Å². The molecular formula is C15H17ClN2O2S. The van der Waals surface area contributed by atoms with Gasteiger partial charge in [0.25, 0.3) is 0 Å². The smallest absolute Gasteiger partial charge is 0.248 e. The molecule has 1 aromatic rings. The summed E-state index contributed by atoms with van der Waals surface area (Å²) in [6.45, 7) is 0. The zero-order chi connectivity index (χ0) is 15.1. The maximum absolute atomic E-state index is 11.8. The number of allylic oxidation sites excluding steroid dienone is 2. The van der Waals surface area contributed by atoms with E-state index in [2.05, 4.69) is 16.9 Å². The molecule has 0 aromatic heterocycles. The van der Waals surface area contributed by atoms with Crippen LogP contribution in [0.5, 0.6) is 0 Å². The van der Waals surface area contributed by atoms with Gasteiger partial charge in [-0.2, -0.15) is 0 Å². The number of carbonyl (C=O) groups is 2. The highest BCUT2D eigenvalue weighted by Gasteiger charge is 2.18. The fourth-order valence-electron chi connectivity index (χ4n) is 1.98. The lowest BCUT2D eigenvalue weighted by Crippen LogP contribution is -2.45. The van der Waals surface area contributed by atoms with Gasteiger partial charge >= 0.3 is 0 Å². The first kappa shape index (κ1) is 15.9. The van der Waals surface area contributed by atoms with E-state index in [0.717, 1.165) is 24.2 Å². The number of thioether (sulfide) groups is 1. The molecule has 2 rings (SSSR count). The minimum Gasteiger partial charge on any atom is -0.273 e. The van der Waals surface area contributed by atoms with Crippen LogP contribution in [0.4, 0.5) is 0 Å². The molecule has 1 aromatic carbocycles. The average Bonchev–Trinajstić information content (AvgIpc) is 2.53. The maximum atomic E-state index is 11.8. The third-order valence-electron chi connectivity index (χ3n) is 3.15. The van der Waals surface area contributed by atoms with E-state index < -0.39 is 0 Å². The lowest BCUT2D eigenvalue weighted by atomic mass is 9.94. The summed E-state index contributed by atoms with van der Waals surface area (Å²) in [5, 5.41) is 0.664. The Kier molecular flexibility index (Phi) is 6.14. The lowest BCUT2D eigenvalue weighted by molar-refractivity contribution is -0.130. The normalized spacial score (nSPS) is 17.3. The van der Waals surface area contributed by atoms with Crippen molar-refractivity contribution in [3.05, 3.63) is 41.4 Å². The maximum Gasteiger partial charge on any atom is 0.248 e. The molecule has 0 bridgehead atoms. The molecule has 0 heterocycles. The van der Waals surface area contributed by atoms with Crippen molar-refractivity contribution in [1.82, 2.24) is 10.9 Å². The van der Waals surface area contributed by atoms with Crippen molar-refractivity contribution in [3.63, 3.8) is 0 Å². The van der Waals surface area contributed by atoms with Crippen LogP contribution in [0.1, 0.15) is 19.3 Å². The number of hydrogen-bond acceptors (Lipinski definition) is 3. The topological polar surface area (TPSA) is 58.2 Å². The summed E-state index contributed by atoms with van der Waals surface area (Å²) in [6.07, 6.45) is 6.56. The van der Waals surface area contributed by atoms with Gasteiger partial charge in [0.1, 0.15) is 0 Å². The highest BCUT2D eigenvalue weighted by molar-refractivity contribution is 8.00. The van der Waals surface area contributed by atoms with Gasteiger partial charge in [0, 0.05) is 15.8 Å². The molecule has 0 fully saturated rings. The number of halogens is 1. The van der Waals surface area contributed by atoms with E-state index in [4.69, 9.17) is 11.6 Å². The van der Waals surface area contributed by atoms with Gasteiger partial charge in [0.2, 0.25) is 11.8 Å². The zero-order valence-electron chi connectivity index (χ0n) is 11.5. The van der Waals surface area contributed by atoms with Gasteiger partial charge in [0.15, 0.2) is 0 Å². The molecule has 1 unspecified atom stereocenters. The Balaban J connectivity index is 1.68. The van der Waals surface area contributed by atoms with Crippen molar-refractivity contribution >= 4 is 35.2 Å². The summed E-state index contributed by atoms with van der Waals surface area (Å²) in [7, 11) is 0. The summed E-state index contributed by atoms with van der Waals surface area (Å²) < 4.78 is 0. The van der Waals surface area contributed by atoms with Gasteiger partial charge in [-0.15, -0.1) is 11.8 Å². The number of amides is 2. The minimum atomic E-state index is -0.227. The molecule has 21 heavy (non-hydrogen) atoms. The third kappa shape index (κ3) is 5.44. The van der Waals surface area contributed by atoms with Crippen LogP contribution in [0.2, 0.25) is 5.02 Å². The molecule has 0 saturated heterocycles. The first-order valence-corrected chi connectivity index (χ1v) is 8.13. The third-order valence-corrected chi connectivity index (χ3v) is 4.41. The summed E-state index contributed by atoms with van der Waals surface area (Å²) in [5.74, 6) is -0.148. The second kappa shape index (κ2) is 8.10. The minimum absolute atomic E-state index is 0.0424. The highest BCUT2D eigenvalue weighted by Crippen LogP contribution is 2.20. The fraction of sp³-hybridized carbons (Fsp3) is 0.333. The Hall–Kier alpha value is -1.46. The quantitative estimate of drug-likeness (QED) is 0.508. The van der Waals surface area contributed by atoms with E-state index in [1.165, 1.54) is 11.8 Å². The SMILES string of the molecule is O=C(CSc1ccc(Cl)cc1)NNC(=O)C1CC=CCC1. The molecule has 0 aliphatic heterocycles. The van der Waals surface area contributed by atoms with Gasteiger partial charge in [-0.1, -0.05) is 23.8 Å². The van der Waals surface area contributed by atoms with Crippen LogP contribution in [0, 0.1) is 5.92 Å². The molecule has 1 aliphatic carbocycles. The summed E-state index contributed by atoms with van der Waals surface area (Å²) in [4.78, 5) is 24.5. The first-order chi connectivity index (χ1) is 10.1. The second-order valence-corrected chi connectivity index (χ2v) is 6.25. The van der Waals surface area contributed by atoms with Crippen LogP contribution < -0.4 is 10.9 Å². The first-order valence-electron chi connectivity index (χ1n) is 6.77. The lowest BCUT2D eigenvalue weighted by Gasteiger charge is -2.17. The second-order valence-electron chi connectivity index (χ2n) is 4.76. The van der Waals surface area contributed by atoms with Gasteiger partial charge in [-0.05, 0) is 43.5 Å². The van der Waals surface area contributed by atoms with Crippen LogP contribution in [0.3, 0.4) is 0 Å². The molecule has 1 aliphatic rings. The number of benzene rings is 1. The Morgan fingerprint density at radius 3 is 2.62 bits per heavy atom. The van der Waals surface area contributed by atoms with Gasteiger partial charge in [-0.3, -0.25) is 20.4 Å². The van der Waals surface area contributed by atoms with E-state index in [-0.39, 0.29) is 23.5 Å². The molecule has 4 nitrogen and oxygen atoms in total. The number of nitrogens with one attached hydrogen (secondary N) is 2. The van der Waals surface area contributed by atoms with Crippen molar-refractivity contribution in [2.75, 3.05) is 5.75 Å². The van der Waals surface area contributed by atoms with Crippen LogP contribution in [0.15, 0.2) is 41.3 Å². The van der Waals surface area contributed by atoms with E-state index in [1.807, 2.05) is 18.2 Å². The predicted molar refractivity (Wildman–Crippen MR) is 84.9 cm³/mol. The summed E-state index contributed by atoms with van der Waals surface area (Å²) in [6, 6.07) is 7.26.